The Balaban J connectivity index is 0.969. The van der Waals surface area contributed by atoms with Crippen LogP contribution in [-0.2, 0) is 0 Å². The topological polar surface area (TPSA) is 65.0 Å². The number of hydrogen-bond acceptors (Lipinski definition) is 5. The molecule has 0 bridgehead atoms. The zero-order valence-electron chi connectivity index (χ0n) is 30.3. The highest BCUT2D eigenvalue weighted by Gasteiger charge is 2.20. The Bertz CT molecular complexity index is 3170. The molecule has 0 spiro atoms. The summed E-state index contributed by atoms with van der Waals surface area (Å²) >= 11 is 0. The minimum atomic E-state index is 0.618. The Morgan fingerprint density at radius 3 is 1.68 bits per heavy atom. The van der Waals surface area contributed by atoms with Crippen molar-refractivity contribution in [2.75, 3.05) is 0 Å². The van der Waals surface area contributed by atoms with Gasteiger partial charge >= 0.3 is 0 Å². The van der Waals surface area contributed by atoms with Gasteiger partial charge in [-0.1, -0.05) is 140 Å². The summed E-state index contributed by atoms with van der Waals surface area (Å²) in [6, 6.07) is 56.6. The van der Waals surface area contributed by atoms with Crippen molar-refractivity contribution in [3.05, 3.63) is 187 Å². The molecule has 3 heterocycles. The SMILES string of the molecule is C1=C(c2nc(-c3ccccc3)nc(-c3ccc4c(c3)oc3ccccc34)n2)CCC(c2cccc3oc4ccc(-c5ccc(-c6ccccc6)cc5)cc4c23)=C1. The van der Waals surface area contributed by atoms with Crippen molar-refractivity contribution in [1.82, 2.24) is 15.0 Å². The van der Waals surface area contributed by atoms with Gasteiger partial charge in [0.1, 0.15) is 22.3 Å². The molecule has 11 rings (SSSR count). The van der Waals surface area contributed by atoms with Gasteiger partial charge in [0.2, 0.25) is 0 Å². The van der Waals surface area contributed by atoms with E-state index in [0.717, 1.165) is 79.0 Å². The normalized spacial score (nSPS) is 13.1. The van der Waals surface area contributed by atoms with Crippen LogP contribution in [0.1, 0.15) is 24.2 Å². The van der Waals surface area contributed by atoms with Crippen LogP contribution in [0.5, 0.6) is 0 Å². The lowest BCUT2D eigenvalue weighted by Crippen LogP contribution is -2.04. The fourth-order valence-electron chi connectivity index (χ4n) is 8.04. The standard InChI is InChI=1S/C51H33N3O2/c1-3-10-32(11-4-1)33-18-20-34(21-19-33)38-27-29-45-43(30-38)48-40(15-9-17-46(48)55-45)35-22-24-37(25-23-35)50-52-49(36-12-5-2-6-13-36)53-51(54-50)39-26-28-42-41-14-7-8-16-44(41)56-47(42)31-39/h1-22,24,26-31H,23,25H2. The molecular formula is C51H33N3O2. The van der Waals surface area contributed by atoms with E-state index in [9.17, 15) is 0 Å². The first-order chi connectivity index (χ1) is 27.7. The second-order valence-electron chi connectivity index (χ2n) is 14.3. The van der Waals surface area contributed by atoms with Gasteiger partial charge < -0.3 is 8.83 Å². The predicted octanol–water partition coefficient (Wildman–Crippen LogP) is 13.6. The second kappa shape index (κ2) is 13.2. The average Bonchev–Trinajstić information content (AvgIpc) is 3.85. The summed E-state index contributed by atoms with van der Waals surface area (Å²) in [6.45, 7) is 0. The smallest absolute Gasteiger partial charge is 0.164 e. The third kappa shape index (κ3) is 5.60. The molecule has 5 nitrogen and oxygen atoms in total. The van der Waals surface area contributed by atoms with Gasteiger partial charge in [0.25, 0.3) is 0 Å². The zero-order chi connectivity index (χ0) is 37.0. The molecule has 264 valence electrons. The third-order valence-electron chi connectivity index (χ3n) is 10.9. The fourth-order valence-corrected chi connectivity index (χ4v) is 8.04. The highest BCUT2D eigenvalue weighted by Crippen LogP contribution is 2.40. The predicted molar refractivity (Wildman–Crippen MR) is 228 cm³/mol. The summed E-state index contributed by atoms with van der Waals surface area (Å²) in [5.41, 5.74) is 13.6. The van der Waals surface area contributed by atoms with Gasteiger partial charge in [0.15, 0.2) is 17.5 Å². The summed E-state index contributed by atoms with van der Waals surface area (Å²) < 4.78 is 12.7. The molecule has 1 aliphatic carbocycles. The molecule has 7 aromatic carbocycles. The fraction of sp³-hybridized carbons (Fsp3) is 0.0392. The maximum atomic E-state index is 6.42. The molecule has 56 heavy (non-hydrogen) atoms. The first-order valence-electron chi connectivity index (χ1n) is 19.0. The summed E-state index contributed by atoms with van der Waals surface area (Å²) in [4.78, 5) is 15.1. The molecule has 0 aliphatic heterocycles. The quantitative estimate of drug-likeness (QED) is 0.171. The van der Waals surface area contributed by atoms with Gasteiger partial charge in [-0.05, 0) is 88.2 Å². The van der Waals surface area contributed by atoms with Crippen LogP contribution in [0, 0.1) is 0 Å². The van der Waals surface area contributed by atoms with Crippen molar-refractivity contribution < 1.29 is 8.83 Å². The summed E-state index contributed by atoms with van der Waals surface area (Å²) in [5, 5.41) is 4.43. The van der Waals surface area contributed by atoms with E-state index in [1.807, 2.05) is 60.7 Å². The van der Waals surface area contributed by atoms with Crippen LogP contribution in [0.2, 0.25) is 0 Å². The Morgan fingerprint density at radius 2 is 0.893 bits per heavy atom. The number of rotatable bonds is 6. The maximum Gasteiger partial charge on any atom is 0.164 e. The van der Waals surface area contributed by atoms with Crippen molar-refractivity contribution in [3.63, 3.8) is 0 Å². The van der Waals surface area contributed by atoms with Gasteiger partial charge in [-0.3, -0.25) is 0 Å². The van der Waals surface area contributed by atoms with Crippen LogP contribution in [0.3, 0.4) is 0 Å². The van der Waals surface area contributed by atoms with Gasteiger partial charge in [-0.25, -0.2) is 15.0 Å². The van der Waals surface area contributed by atoms with E-state index >= 15 is 0 Å². The van der Waals surface area contributed by atoms with Crippen LogP contribution in [0.15, 0.2) is 185 Å². The number of allylic oxidation sites excluding steroid dienone is 4. The van der Waals surface area contributed by atoms with E-state index in [4.69, 9.17) is 23.8 Å². The van der Waals surface area contributed by atoms with Crippen LogP contribution in [0.25, 0.3) is 100 Å². The molecule has 0 saturated heterocycles. The van der Waals surface area contributed by atoms with E-state index in [2.05, 4.69) is 115 Å². The zero-order valence-corrected chi connectivity index (χ0v) is 30.3. The molecule has 0 saturated carbocycles. The summed E-state index contributed by atoms with van der Waals surface area (Å²) in [5.74, 6) is 1.95. The first-order valence-corrected chi connectivity index (χ1v) is 19.0. The number of fused-ring (bicyclic) bond motifs is 6. The lowest BCUT2D eigenvalue weighted by atomic mass is 9.90. The van der Waals surface area contributed by atoms with E-state index in [1.54, 1.807) is 0 Å². The molecule has 1 aliphatic rings. The van der Waals surface area contributed by atoms with E-state index in [0.29, 0.717) is 17.5 Å². The van der Waals surface area contributed by atoms with E-state index < -0.39 is 0 Å². The minimum absolute atomic E-state index is 0.618. The number of para-hydroxylation sites is 1. The molecule has 0 fully saturated rings. The molecular weight excluding hydrogens is 687 g/mol. The summed E-state index contributed by atoms with van der Waals surface area (Å²) in [7, 11) is 0. The molecule has 0 N–H and O–H groups in total. The molecule has 0 atom stereocenters. The molecule has 5 heteroatoms. The Hall–Kier alpha value is -7.37. The molecule has 0 radical (unpaired) electrons. The third-order valence-corrected chi connectivity index (χ3v) is 10.9. The lowest BCUT2D eigenvalue weighted by molar-refractivity contribution is 0.668. The maximum absolute atomic E-state index is 6.42. The number of hydrogen-bond donors (Lipinski definition) is 0. The van der Waals surface area contributed by atoms with Crippen LogP contribution in [0.4, 0.5) is 0 Å². The molecule has 0 amide bonds. The van der Waals surface area contributed by atoms with E-state index in [1.165, 1.54) is 27.8 Å². The Kier molecular flexibility index (Phi) is 7.56. The van der Waals surface area contributed by atoms with Crippen LogP contribution < -0.4 is 0 Å². The second-order valence-corrected chi connectivity index (χ2v) is 14.3. The minimum Gasteiger partial charge on any atom is -0.456 e. The van der Waals surface area contributed by atoms with Crippen molar-refractivity contribution in [3.8, 4) is 45.0 Å². The Morgan fingerprint density at radius 1 is 0.339 bits per heavy atom. The van der Waals surface area contributed by atoms with Gasteiger partial charge in [0.05, 0.1) is 0 Å². The highest BCUT2D eigenvalue weighted by molar-refractivity contribution is 6.11. The van der Waals surface area contributed by atoms with Gasteiger partial charge in [-0.15, -0.1) is 0 Å². The number of benzene rings is 7. The van der Waals surface area contributed by atoms with E-state index in [-0.39, 0.29) is 0 Å². The molecule has 10 aromatic rings. The number of aromatic nitrogens is 3. The summed E-state index contributed by atoms with van der Waals surface area (Å²) in [6.07, 6.45) is 6.03. The Labute approximate surface area is 322 Å². The average molecular weight is 720 g/mol. The number of nitrogens with zero attached hydrogens (tertiary/aromatic N) is 3. The van der Waals surface area contributed by atoms with Crippen molar-refractivity contribution >= 4 is 55.0 Å². The van der Waals surface area contributed by atoms with Crippen molar-refractivity contribution in [2.45, 2.75) is 12.8 Å². The lowest BCUT2D eigenvalue weighted by Gasteiger charge is -2.16. The monoisotopic (exact) mass is 719 g/mol. The molecule has 0 unspecified atom stereocenters. The van der Waals surface area contributed by atoms with Crippen LogP contribution >= 0.6 is 0 Å². The number of furan rings is 2. The first kappa shape index (κ1) is 32.1. The highest BCUT2D eigenvalue weighted by atomic mass is 16.3. The van der Waals surface area contributed by atoms with Crippen molar-refractivity contribution in [2.24, 2.45) is 0 Å². The van der Waals surface area contributed by atoms with Crippen LogP contribution in [-0.4, -0.2) is 15.0 Å². The molecule has 3 aromatic heterocycles. The van der Waals surface area contributed by atoms with Gasteiger partial charge in [-0.2, -0.15) is 0 Å². The van der Waals surface area contributed by atoms with Gasteiger partial charge in [0, 0.05) is 32.7 Å². The van der Waals surface area contributed by atoms with Crippen molar-refractivity contribution in [1.29, 1.82) is 0 Å². The largest absolute Gasteiger partial charge is 0.456 e.